The smallest absolute Gasteiger partial charge is 0.260 e. The van der Waals surface area contributed by atoms with E-state index in [1.54, 1.807) is 12.4 Å². The summed E-state index contributed by atoms with van der Waals surface area (Å²) in [5.74, 6) is 0.124. The summed E-state index contributed by atoms with van der Waals surface area (Å²) in [4.78, 5) is 26.6. The van der Waals surface area contributed by atoms with E-state index in [0.29, 0.717) is 10.9 Å². The predicted octanol–water partition coefficient (Wildman–Crippen LogP) is 2.48. The van der Waals surface area contributed by atoms with Gasteiger partial charge in [0.15, 0.2) is 0 Å². The van der Waals surface area contributed by atoms with Gasteiger partial charge in [-0.2, -0.15) is 0 Å². The summed E-state index contributed by atoms with van der Waals surface area (Å²) in [7, 11) is 0. The number of hydrogen-bond acceptors (Lipinski definition) is 4. The fraction of sp³-hybridized carbons (Fsp3) is 0.167. The van der Waals surface area contributed by atoms with Crippen LogP contribution >= 0.6 is 0 Å². The highest BCUT2D eigenvalue weighted by atomic mass is 16.1. The van der Waals surface area contributed by atoms with Gasteiger partial charge < -0.3 is 10.7 Å². The average molecular weight is 319 g/mol. The number of nitrogens with two attached hydrogens (primary N) is 1. The van der Waals surface area contributed by atoms with Crippen LogP contribution in [0.3, 0.4) is 0 Å². The number of nitrogens with zero attached hydrogens (tertiary/aromatic N) is 2. The maximum absolute atomic E-state index is 12.2. The fourth-order valence-corrected chi connectivity index (χ4v) is 3.04. The molecule has 0 aliphatic heterocycles. The molecule has 0 unspecified atom stereocenters. The zero-order valence-corrected chi connectivity index (χ0v) is 13.3. The fourth-order valence-electron chi connectivity index (χ4n) is 3.04. The van der Waals surface area contributed by atoms with Crippen LogP contribution in [0.4, 0.5) is 5.95 Å². The van der Waals surface area contributed by atoms with Gasteiger partial charge in [-0.1, -0.05) is 29.8 Å². The van der Waals surface area contributed by atoms with Crippen molar-refractivity contribution in [3.05, 3.63) is 63.7 Å². The third kappa shape index (κ3) is 2.42. The van der Waals surface area contributed by atoms with Crippen molar-refractivity contribution in [2.45, 2.75) is 19.8 Å². The van der Waals surface area contributed by atoms with Crippen molar-refractivity contribution in [3.63, 3.8) is 0 Å². The van der Waals surface area contributed by atoms with Crippen LogP contribution in [0.1, 0.15) is 16.7 Å². The predicted molar refractivity (Wildman–Crippen MR) is 95.0 cm³/mol. The second kappa shape index (κ2) is 5.49. The molecule has 0 radical (unpaired) electrons. The van der Waals surface area contributed by atoms with Crippen molar-refractivity contribution in [1.82, 2.24) is 19.9 Å². The van der Waals surface area contributed by atoms with Gasteiger partial charge in [-0.15, -0.1) is 0 Å². The Balaban J connectivity index is 1.86. The molecule has 6 nitrogen and oxygen atoms in total. The van der Waals surface area contributed by atoms with E-state index in [-0.39, 0.29) is 11.5 Å². The van der Waals surface area contributed by atoms with Crippen LogP contribution in [0.15, 0.2) is 41.5 Å². The molecule has 0 aliphatic carbocycles. The molecule has 4 aromatic rings. The number of aryl methyl sites for hydroxylation is 3. The lowest BCUT2D eigenvalue weighted by Crippen LogP contribution is -2.12. The maximum atomic E-state index is 12.2. The molecule has 120 valence electrons. The molecular weight excluding hydrogens is 302 g/mol. The minimum absolute atomic E-state index is 0.124. The molecule has 6 heteroatoms. The largest absolute Gasteiger partial charge is 0.369 e. The van der Waals surface area contributed by atoms with Crippen molar-refractivity contribution >= 4 is 27.9 Å². The highest BCUT2D eigenvalue weighted by Gasteiger charge is 2.14. The second-order valence-electron chi connectivity index (χ2n) is 5.99. The van der Waals surface area contributed by atoms with Crippen molar-refractivity contribution < 1.29 is 0 Å². The Morgan fingerprint density at radius 2 is 1.92 bits per heavy atom. The average Bonchev–Trinajstić information content (AvgIpc) is 3.02. The standard InChI is InChI=1S/C18H17N5O/c1-10-2-4-11(5-3-10)6-7-12-15-13(17(24)23-18(19)22-15)8-14-16(12)21-9-20-14/h2-5,8-9H,6-7H2,1H3,(H,20,21)(H3,19,22,23,24). The number of aromatic nitrogens is 4. The normalized spacial score (nSPS) is 11.4. The summed E-state index contributed by atoms with van der Waals surface area (Å²) in [6.45, 7) is 2.07. The van der Waals surface area contributed by atoms with E-state index in [0.717, 1.165) is 29.4 Å². The van der Waals surface area contributed by atoms with Gasteiger partial charge in [-0.25, -0.2) is 9.97 Å². The van der Waals surface area contributed by atoms with Gasteiger partial charge in [-0.3, -0.25) is 9.78 Å². The Hall–Kier alpha value is -3.15. The van der Waals surface area contributed by atoms with E-state index in [1.807, 2.05) is 0 Å². The molecule has 4 rings (SSSR count). The molecule has 0 aliphatic rings. The Labute approximate surface area is 137 Å². The maximum Gasteiger partial charge on any atom is 0.260 e. The van der Waals surface area contributed by atoms with Gasteiger partial charge in [0.2, 0.25) is 5.95 Å². The first kappa shape index (κ1) is 14.4. The summed E-state index contributed by atoms with van der Waals surface area (Å²) in [6.07, 6.45) is 3.21. The topological polar surface area (TPSA) is 100 Å². The summed E-state index contributed by atoms with van der Waals surface area (Å²) >= 11 is 0. The molecule has 0 atom stereocenters. The van der Waals surface area contributed by atoms with Crippen LogP contribution in [0, 0.1) is 6.92 Å². The molecule has 2 aromatic heterocycles. The Morgan fingerprint density at radius 3 is 2.71 bits per heavy atom. The van der Waals surface area contributed by atoms with E-state index < -0.39 is 0 Å². The highest BCUT2D eigenvalue weighted by Crippen LogP contribution is 2.25. The molecular formula is C18H17N5O. The van der Waals surface area contributed by atoms with Gasteiger partial charge in [0.25, 0.3) is 5.56 Å². The number of H-pyrrole nitrogens is 2. The Kier molecular flexibility index (Phi) is 3.30. The molecule has 4 N–H and O–H groups in total. The van der Waals surface area contributed by atoms with Crippen LogP contribution in [-0.2, 0) is 12.8 Å². The summed E-state index contributed by atoms with van der Waals surface area (Å²) in [5, 5.41) is 0.528. The van der Waals surface area contributed by atoms with Gasteiger partial charge in [0.1, 0.15) is 0 Å². The molecule has 0 amide bonds. The first-order chi connectivity index (χ1) is 11.6. The molecule has 24 heavy (non-hydrogen) atoms. The van der Waals surface area contributed by atoms with E-state index in [1.165, 1.54) is 11.1 Å². The second-order valence-corrected chi connectivity index (χ2v) is 5.99. The van der Waals surface area contributed by atoms with Crippen molar-refractivity contribution in [3.8, 4) is 0 Å². The third-order valence-electron chi connectivity index (χ3n) is 4.29. The number of hydrogen-bond donors (Lipinski definition) is 3. The number of benzene rings is 2. The third-order valence-corrected chi connectivity index (χ3v) is 4.29. The van der Waals surface area contributed by atoms with Crippen molar-refractivity contribution in [2.75, 3.05) is 5.73 Å². The molecule has 2 aromatic carbocycles. The minimum atomic E-state index is -0.231. The number of rotatable bonds is 3. The van der Waals surface area contributed by atoms with Crippen LogP contribution in [0.2, 0.25) is 0 Å². The summed E-state index contributed by atoms with van der Waals surface area (Å²) in [5.41, 5.74) is 11.2. The molecule has 0 spiro atoms. The quantitative estimate of drug-likeness (QED) is 0.540. The van der Waals surface area contributed by atoms with Crippen LogP contribution < -0.4 is 11.3 Å². The molecule has 0 fully saturated rings. The number of anilines is 1. The van der Waals surface area contributed by atoms with Crippen LogP contribution in [0.5, 0.6) is 0 Å². The molecule has 2 heterocycles. The monoisotopic (exact) mass is 319 g/mol. The SMILES string of the molecule is Cc1ccc(CCc2c3nc[nH]c3cc3c(=O)[nH]c(N)nc23)cc1. The number of nitrogens with one attached hydrogen (secondary N) is 2. The highest BCUT2D eigenvalue weighted by molar-refractivity contribution is 5.97. The van der Waals surface area contributed by atoms with E-state index >= 15 is 0 Å². The summed E-state index contributed by atoms with van der Waals surface area (Å²) < 4.78 is 0. The van der Waals surface area contributed by atoms with Crippen molar-refractivity contribution in [2.24, 2.45) is 0 Å². The zero-order chi connectivity index (χ0) is 16.7. The first-order valence-corrected chi connectivity index (χ1v) is 7.82. The number of imidazole rings is 1. The molecule has 0 bridgehead atoms. The first-order valence-electron chi connectivity index (χ1n) is 7.82. The Bertz CT molecular complexity index is 1090. The number of fused-ring (bicyclic) bond motifs is 2. The lowest BCUT2D eigenvalue weighted by molar-refractivity contribution is 0.968. The van der Waals surface area contributed by atoms with Gasteiger partial charge >= 0.3 is 0 Å². The zero-order valence-electron chi connectivity index (χ0n) is 13.3. The van der Waals surface area contributed by atoms with E-state index in [9.17, 15) is 4.79 Å². The molecule has 0 saturated heterocycles. The van der Waals surface area contributed by atoms with Crippen LogP contribution in [-0.4, -0.2) is 19.9 Å². The lowest BCUT2D eigenvalue weighted by Gasteiger charge is -2.08. The van der Waals surface area contributed by atoms with Gasteiger partial charge in [-0.05, 0) is 31.4 Å². The lowest BCUT2D eigenvalue weighted by atomic mass is 10.00. The Morgan fingerprint density at radius 1 is 1.12 bits per heavy atom. The van der Waals surface area contributed by atoms with Crippen LogP contribution in [0.25, 0.3) is 21.9 Å². The summed E-state index contributed by atoms with van der Waals surface area (Å²) in [6, 6.07) is 10.2. The van der Waals surface area contributed by atoms with E-state index in [2.05, 4.69) is 51.1 Å². The molecule has 0 saturated carbocycles. The van der Waals surface area contributed by atoms with E-state index in [4.69, 9.17) is 5.73 Å². The number of nitrogen functional groups attached to an aromatic ring is 1. The van der Waals surface area contributed by atoms with Gasteiger partial charge in [0.05, 0.1) is 28.3 Å². The van der Waals surface area contributed by atoms with Crippen molar-refractivity contribution in [1.29, 1.82) is 0 Å². The minimum Gasteiger partial charge on any atom is -0.369 e. The number of aromatic amines is 2. The van der Waals surface area contributed by atoms with Gasteiger partial charge in [0, 0.05) is 5.56 Å².